The van der Waals surface area contributed by atoms with E-state index >= 15 is 4.39 Å². The van der Waals surface area contributed by atoms with Gasteiger partial charge in [0, 0.05) is 47.6 Å². The second kappa shape index (κ2) is 6.80. The van der Waals surface area contributed by atoms with Crippen LogP contribution in [0, 0.1) is 11.6 Å². The summed E-state index contributed by atoms with van der Waals surface area (Å²) in [7, 11) is 1.76. The number of aryl methyl sites for hydroxylation is 1. The number of halogens is 2. The number of aromatic nitrogens is 3. The molecule has 0 bridgehead atoms. The normalized spacial score (nSPS) is 14.4. The van der Waals surface area contributed by atoms with Crippen molar-refractivity contribution >= 4 is 22.7 Å². The zero-order chi connectivity index (χ0) is 21.9. The number of hydrogen-bond acceptors (Lipinski definition) is 4. The van der Waals surface area contributed by atoms with Gasteiger partial charge in [0.25, 0.3) is 11.8 Å². The van der Waals surface area contributed by atoms with Gasteiger partial charge < -0.3 is 0 Å². The zero-order valence-corrected chi connectivity index (χ0v) is 16.6. The van der Waals surface area contributed by atoms with Crippen LogP contribution in [0.2, 0.25) is 0 Å². The smallest absolute Gasteiger partial charge is 0.262 e. The lowest BCUT2D eigenvalue weighted by Gasteiger charge is -2.24. The topological polar surface area (TPSA) is 68.1 Å². The number of hydrogen-bond donors (Lipinski definition) is 0. The molecule has 8 heteroatoms. The number of imide groups is 1. The lowest BCUT2D eigenvalue weighted by molar-refractivity contribution is 0.0591. The first-order valence-electron chi connectivity index (χ1n) is 9.60. The van der Waals surface area contributed by atoms with Gasteiger partial charge in [-0.25, -0.2) is 8.78 Å². The highest BCUT2D eigenvalue weighted by molar-refractivity contribution is 6.21. The van der Waals surface area contributed by atoms with Gasteiger partial charge in [-0.15, -0.1) is 0 Å². The summed E-state index contributed by atoms with van der Waals surface area (Å²) in [5.41, 5.74) is 1.58. The number of pyridine rings is 1. The average molecular weight is 418 g/mol. The molecule has 2 aromatic carbocycles. The molecule has 4 aromatic rings. The molecular formula is C23H16F2N4O2. The molecule has 1 aliphatic heterocycles. The number of benzene rings is 2. The van der Waals surface area contributed by atoms with Crippen molar-refractivity contribution in [1.82, 2.24) is 19.7 Å². The van der Waals surface area contributed by atoms with Crippen LogP contribution in [0.5, 0.6) is 0 Å². The molecule has 6 nitrogen and oxygen atoms in total. The van der Waals surface area contributed by atoms with Gasteiger partial charge in [0.05, 0.1) is 28.9 Å². The van der Waals surface area contributed by atoms with E-state index in [0.717, 1.165) is 16.5 Å². The molecule has 0 N–H and O–H groups in total. The molecule has 2 aromatic heterocycles. The van der Waals surface area contributed by atoms with Gasteiger partial charge in [0.1, 0.15) is 11.6 Å². The molecule has 154 valence electrons. The number of fused-ring (bicyclic) bond motifs is 2. The van der Waals surface area contributed by atoms with Gasteiger partial charge in [-0.05, 0) is 25.1 Å². The summed E-state index contributed by atoms with van der Waals surface area (Å²) in [5, 5.41) is 4.20. The SMILES string of the molecule is CC(c1c(F)cc2ncc(-c3cnn(C)c3)cc2c1F)N1C(=O)c2ccccc2C1=O. The van der Waals surface area contributed by atoms with Crippen molar-refractivity contribution in [3.8, 4) is 11.1 Å². The van der Waals surface area contributed by atoms with Crippen LogP contribution in [0.3, 0.4) is 0 Å². The third kappa shape index (κ3) is 2.83. The molecule has 0 radical (unpaired) electrons. The lowest BCUT2D eigenvalue weighted by Crippen LogP contribution is -2.33. The first-order valence-corrected chi connectivity index (χ1v) is 9.60. The van der Waals surface area contributed by atoms with Crippen molar-refractivity contribution in [3.05, 3.63) is 83.3 Å². The third-order valence-corrected chi connectivity index (χ3v) is 5.58. The predicted molar refractivity (Wildman–Crippen MR) is 109 cm³/mol. The van der Waals surface area contributed by atoms with E-state index in [9.17, 15) is 14.0 Å². The van der Waals surface area contributed by atoms with Gasteiger partial charge in [-0.2, -0.15) is 5.10 Å². The Morgan fingerprint density at radius 1 is 0.968 bits per heavy atom. The zero-order valence-electron chi connectivity index (χ0n) is 16.6. The molecule has 3 heterocycles. The Balaban J connectivity index is 1.63. The Labute approximate surface area is 175 Å². The number of rotatable bonds is 3. The molecule has 0 spiro atoms. The lowest BCUT2D eigenvalue weighted by atomic mass is 10.0. The third-order valence-electron chi connectivity index (χ3n) is 5.58. The van der Waals surface area contributed by atoms with E-state index in [0.29, 0.717) is 5.56 Å². The maximum atomic E-state index is 15.6. The van der Waals surface area contributed by atoms with Crippen LogP contribution in [-0.2, 0) is 7.05 Å². The van der Waals surface area contributed by atoms with E-state index in [1.165, 1.54) is 25.3 Å². The van der Waals surface area contributed by atoms with E-state index in [2.05, 4.69) is 10.1 Å². The Hall–Kier alpha value is -3.94. The summed E-state index contributed by atoms with van der Waals surface area (Å²) < 4.78 is 32.1. The summed E-state index contributed by atoms with van der Waals surface area (Å²) in [6, 6.07) is 7.88. The molecule has 1 atom stereocenters. The van der Waals surface area contributed by atoms with Crippen molar-refractivity contribution in [3.63, 3.8) is 0 Å². The number of carbonyl (C=O) groups is 2. The second-order valence-corrected chi connectivity index (χ2v) is 7.48. The standard InChI is InChI=1S/C23H16F2N4O2/c1-12(29-22(30)15-5-3-4-6-16(15)23(29)31)20-18(24)8-19-17(21(20)25)7-13(9-26-19)14-10-27-28(2)11-14/h3-12H,1-2H3. The van der Waals surface area contributed by atoms with Crippen molar-refractivity contribution < 1.29 is 18.4 Å². The van der Waals surface area contributed by atoms with Crippen molar-refractivity contribution in [2.24, 2.45) is 7.05 Å². The van der Waals surface area contributed by atoms with Crippen LogP contribution in [0.4, 0.5) is 8.78 Å². The Bertz CT molecular complexity index is 1360. The Kier molecular flexibility index (Phi) is 4.18. The maximum absolute atomic E-state index is 15.6. The fourth-order valence-electron chi connectivity index (χ4n) is 4.01. The minimum absolute atomic E-state index is 0.0983. The highest BCUT2D eigenvalue weighted by Gasteiger charge is 2.40. The molecule has 0 saturated heterocycles. The van der Waals surface area contributed by atoms with Crippen LogP contribution in [0.25, 0.3) is 22.0 Å². The summed E-state index contributed by atoms with van der Waals surface area (Å²) in [4.78, 5) is 30.7. The van der Waals surface area contributed by atoms with Crippen molar-refractivity contribution in [1.29, 1.82) is 0 Å². The molecular weight excluding hydrogens is 402 g/mol. The Morgan fingerprint density at radius 2 is 1.65 bits per heavy atom. The first kappa shape index (κ1) is 19.0. The number of amides is 2. The molecule has 0 saturated carbocycles. The quantitative estimate of drug-likeness (QED) is 0.466. The molecule has 0 aliphatic carbocycles. The fraction of sp³-hybridized carbons (Fsp3) is 0.130. The molecule has 1 unspecified atom stereocenters. The monoisotopic (exact) mass is 418 g/mol. The maximum Gasteiger partial charge on any atom is 0.262 e. The Morgan fingerprint density at radius 3 is 2.26 bits per heavy atom. The van der Waals surface area contributed by atoms with E-state index in [4.69, 9.17) is 0 Å². The first-order chi connectivity index (χ1) is 14.9. The largest absolute Gasteiger partial charge is 0.275 e. The predicted octanol–water partition coefficient (Wildman–Crippen LogP) is 4.27. The minimum Gasteiger partial charge on any atom is -0.275 e. The van der Waals surface area contributed by atoms with Gasteiger partial charge >= 0.3 is 0 Å². The highest BCUT2D eigenvalue weighted by atomic mass is 19.1. The molecule has 1 aliphatic rings. The second-order valence-electron chi connectivity index (χ2n) is 7.48. The van der Waals surface area contributed by atoms with Crippen molar-refractivity contribution in [2.75, 3.05) is 0 Å². The van der Waals surface area contributed by atoms with Gasteiger partial charge in [-0.3, -0.25) is 24.2 Å². The van der Waals surface area contributed by atoms with Gasteiger partial charge in [-0.1, -0.05) is 12.1 Å². The molecule has 31 heavy (non-hydrogen) atoms. The number of nitrogens with zero attached hydrogens (tertiary/aromatic N) is 4. The van der Waals surface area contributed by atoms with Crippen LogP contribution in [-0.4, -0.2) is 31.5 Å². The van der Waals surface area contributed by atoms with Crippen LogP contribution < -0.4 is 0 Å². The van der Waals surface area contributed by atoms with Crippen LogP contribution >= 0.6 is 0 Å². The highest BCUT2D eigenvalue weighted by Crippen LogP contribution is 2.36. The van der Waals surface area contributed by atoms with Crippen LogP contribution in [0.1, 0.15) is 39.2 Å². The molecule has 0 fully saturated rings. The minimum atomic E-state index is -1.14. The summed E-state index contributed by atoms with van der Waals surface area (Å²) in [5.74, 6) is -2.86. The molecule has 2 amide bonds. The van der Waals surface area contributed by atoms with Gasteiger partial charge in [0.2, 0.25) is 0 Å². The summed E-state index contributed by atoms with van der Waals surface area (Å²) >= 11 is 0. The van der Waals surface area contributed by atoms with E-state index in [1.807, 2.05) is 0 Å². The average Bonchev–Trinajstić information content (AvgIpc) is 3.29. The van der Waals surface area contributed by atoms with E-state index in [-0.39, 0.29) is 27.6 Å². The van der Waals surface area contributed by atoms with Crippen LogP contribution in [0.15, 0.2) is 55.0 Å². The number of carbonyl (C=O) groups excluding carboxylic acids is 2. The fourth-order valence-corrected chi connectivity index (χ4v) is 4.01. The van der Waals surface area contributed by atoms with Crippen molar-refractivity contribution in [2.45, 2.75) is 13.0 Å². The molecule has 5 rings (SSSR count). The van der Waals surface area contributed by atoms with E-state index in [1.54, 1.807) is 42.3 Å². The summed E-state index contributed by atoms with van der Waals surface area (Å²) in [6.07, 6.45) is 4.89. The van der Waals surface area contributed by atoms with Gasteiger partial charge in [0.15, 0.2) is 0 Å². The van der Waals surface area contributed by atoms with E-state index < -0.39 is 29.5 Å². The summed E-state index contributed by atoms with van der Waals surface area (Å²) in [6.45, 7) is 1.44.